The van der Waals surface area contributed by atoms with Crippen LogP contribution in [0.15, 0.2) is 0 Å². The van der Waals surface area contributed by atoms with E-state index in [9.17, 15) is 9.59 Å². The van der Waals surface area contributed by atoms with Gasteiger partial charge in [0.05, 0.1) is 0 Å². The number of hydrogen-bond donors (Lipinski definition) is 1. The number of rotatable bonds is 2. The molecule has 2 amide bonds. The zero-order valence-corrected chi connectivity index (χ0v) is 13.9. The van der Waals surface area contributed by atoms with Crippen LogP contribution in [0.2, 0.25) is 0 Å². The second kappa shape index (κ2) is 6.24. The maximum absolute atomic E-state index is 12.6. The highest BCUT2D eigenvalue weighted by molar-refractivity contribution is 8.00. The van der Waals surface area contributed by atoms with Crippen LogP contribution < -0.4 is 0 Å². The Kier molecular flexibility index (Phi) is 5.35. The molecule has 0 unspecified atom stereocenters. The van der Waals surface area contributed by atoms with Crippen LogP contribution in [-0.2, 0) is 4.79 Å². The molecule has 1 rings (SSSR count). The maximum atomic E-state index is 12.6. The summed E-state index contributed by atoms with van der Waals surface area (Å²) in [4.78, 5) is 26.9. The third-order valence-corrected chi connectivity index (χ3v) is 4.81. The fourth-order valence-corrected chi connectivity index (χ4v) is 3.21. The van der Waals surface area contributed by atoms with E-state index in [0.717, 1.165) is 12.2 Å². The molecule has 1 aliphatic rings. The van der Waals surface area contributed by atoms with E-state index >= 15 is 0 Å². The Labute approximate surface area is 125 Å². The van der Waals surface area contributed by atoms with Gasteiger partial charge in [-0.15, -0.1) is 0 Å². The van der Waals surface area contributed by atoms with E-state index in [1.54, 1.807) is 4.90 Å². The van der Waals surface area contributed by atoms with E-state index in [2.05, 4.69) is 13.8 Å². The fraction of sp³-hybridized carbons (Fsp3) is 0.857. The lowest BCUT2D eigenvalue weighted by atomic mass is 10.1. The maximum Gasteiger partial charge on any atom is 0.323 e. The van der Waals surface area contributed by atoms with Gasteiger partial charge in [0, 0.05) is 29.1 Å². The van der Waals surface area contributed by atoms with Crippen LogP contribution in [-0.4, -0.2) is 62.6 Å². The molecule has 116 valence electrons. The quantitative estimate of drug-likeness (QED) is 0.851. The molecule has 0 saturated carbocycles. The van der Waals surface area contributed by atoms with Crippen molar-refractivity contribution in [2.45, 2.75) is 51.3 Å². The number of carbonyl (C=O) groups excluding carboxylic acids is 1. The molecule has 1 fully saturated rings. The van der Waals surface area contributed by atoms with Crippen molar-refractivity contribution in [1.29, 1.82) is 0 Å². The molecule has 20 heavy (non-hydrogen) atoms. The Hall–Kier alpha value is -0.910. The summed E-state index contributed by atoms with van der Waals surface area (Å²) in [6.07, 6.45) is 0.925. The van der Waals surface area contributed by atoms with Crippen molar-refractivity contribution in [3.05, 3.63) is 0 Å². The number of amides is 2. The predicted octanol–water partition coefficient (Wildman–Crippen LogP) is 2.51. The lowest BCUT2D eigenvalue weighted by molar-refractivity contribution is -0.138. The van der Waals surface area contributed by atoms with Gasteiger partial charge in [0.25, 0.3) is 0 Å². The minimum Gasteiger partial charge on any atom is -0.480 e. The van der Waals surface area contributed by atoms with Crippen LogP contribution in [0.25, 0.3) is 0 Å². The van der Waals surface area contributed by atoms with Crippen molar-refractivity contribution in [2.24, 2.45) is 0 Å². The molecule has 5 nitrogen and oxygen atoms in total. The van der Waals surface area contributed by atoms with E-state index in [4.69, 9.17) is 5.11 Å². The summed E-state index contributed by atoms with van der Waals surface area (Å²) in [5.41, 5.74) is -0.496. The molecule has 1 saturated heterocycles. The number of carboxylic acids is 1. The van der Waals surface area contributed by atoms with Gasteiger partial charge in [-0.25, -0.2) is 4.79 Å². The molecule has 0 aliphatic carbocycles. The van der Waals surface area contributed by atoms with Crippen molar-refractivity contribution >= 4 is 23.8 Å². The minimum absolute atomic E-state index is 0.168. The number of carbonyl (C=O) groups is 2. The summed E-state index contributed by atoms with van der Waals surface area (Å²) in [6, 6.07) is -0.168. The molecule has 1 aliphatic heterocycles. The van der Waals surface area contributed by atoms with E-state index in [1.807, 2.05) is 32.5 Å². The second-order valence-corrected chi connectivity index (χ2v) is 8.58. The highest BCUT2D eigenvalue weighted by Crippen LogP contribution is 2.31. The third-order valence-electron chi connectivity index (χ3n) is 3.44. The van der Waals surface area contributed by atoms with E-state index in [-0.39, 0.29) is 17.3 Å². The van der Waals surface area contributed by atoms with Crippen LogP contribution in [0.4, 0.5) is 4.79 Å². The highest BCUT2D eigenvalue weighted by atomic mass is 32.2. The molecular formula is C14H26N2O3S. The number of carboxylic acid groups (broad SMARTS) is 1. The van der Waals surface area contributed by atoms with Gasteiger partial charge in [-0.3, -0.25) is 4.79 Å². The Morgan fingerprint density at radius 1 is 1.30 bits per heavy atom. The predicted molar refractivity (Wildman–Crippen MR) is 82.2 cm³/mol. The Bertz CT molecular complexity index is 377. The zero-order valence-electron chi connectivity index (χ0n) is 13.1. The average Bonchev–Trinajstić information content (AvgIpc) is 2.44. The molecule has 0 aromatic heterocycles. The number of aliphatic carboxylic acids is 1. The van der Waals surface area contributed by atoms with Gasteiger partial charge in [0.2, 0.25) is 0 Å². The van der Waals surface area contributed by atoms with Gasteiger partial charge in [-0.2, -0.15) is 11.8 Å². The lowest BCUT2D eigenvalue weighted by Gasteiger charge is -2.38. The monoisotopic (exact) mass is 302 g/mol. The van der Waals surface area contributed by atoms with Crippen LogP contribution in [0.1, 0.15) is 41.0 Å². The Morgan fingerprint density at radius 2 is 1.90 bits per heavy atom. The van der Waals surface area contributed by atoms with E-state index < -0.39 is 11.5 Å². The molecule has 0 aromatic rings. The molecule has 0 radical (unpaired) electrons. The molecule has 0 aromatic carbocycles. The second-order valence-electron chi connectivity index (χ2n) is 6.78. The van der Waals surface area contributed by atoms with Gasteiger partial charge >= 0.3 is 12.0 Å². The topological polar surface area (TPSA) is 60.9 Å². The summed E-state index contributed by atoms with van der Waals surface area (Å²) in [7, 11) is 0. The number of nitrogens with zero attached hydrogens (tertiary/aromatic N) is 2. The van der Waals surface area contributed by atoms with Crippen LogP contribution in [0.3, 0.4) is 0 Å². The van der Waals surface area contributed by atoms with Crippen molar-refractivity contribution in [2.75, 3.05) is 25.4 Å². The first-order valence-electron chi connectivity index (χ1n) is 6.95. The summed E-state index contributed by atoms with van der Waals surface area (Å²) < 4.78 is 0.175. The van der Waals surface area contributed by atoms with Crippen molar-refractivity contribution < 1.29 is 14.7 Å². The molecule has 1 heterocycles. The first-order chi connectivity index (χ1) is 9.03. The van der Waals surface area contributed by atoms with E-state index in [1.165, 1.54) is 4.90 Å². The zero-order chi connectivity index (χ0) is 15.6. The normalized spacial score (nSPS) is 19.4. The molecule has 0 atom stereocenters. The van der Waals surface area contributed by atoms with Gasteiger partial charge in [0.15, 0.2) is 0 Å². The molecule has 0 bridgehead atoms. The highest BCUT2D eigenvalue weighted by Gasteiger charge is 2.33. The van der Waals surface area contributed by atoms with Crippen LogP contribution >= 0.6 is 11.8 Å². The molecule has 1 N–H and O–H groups in total. The molecular weight excluding hydrogens is 276 g/mol. The number of urea groups is 1. The van der Waals surface area contributed by atoms with Crippen LogP contribution in [0, 0.1) is 0 Å². The molecule has 0 spiro atoms. The number of thioether (sulfide) groups is 1. The molecule has 6 heteroatoms. The van der Waals surface area contributed by atoms with Crippen molar-refractivity contribution in [1.82, 2.24) is 9.80 Å². The van der Waals surface area contributed by atoms with E-state index in [0.29, 0.717) is 13.1 Å². The summed E-state index contributed by atoms with van der Waals surface area (Å²) >= 11 is 1.87. The third kappa shape index (κ3) is 4.89. The Morgan fingerprint density at radius 3 is 2.40 bits per heavy atom. The van der Waals surface area contributed by atoms with Crippen molar-refractivity contribution in [3.63, 3.8) is 0 Å². The summed E-state index contributed by atoms with van der Waals surface area (Å²) in [5.74, 6) is -0.0816. The minimum atomic E-state index is -0.974. The largest absolute Gasteiger partial charge is 0.480 e. The standard InChI is InChI=1S/C14H26N2O3S/c1-13(2,3)16(10-11(17)18)12(19)15-7-6-14(4,5)20-9-8-15/h6-10H2,1-5H3,(H,17,18). The first-order valence-corrected chi connectivity index (χ1v) is 7.94. The first kappa shape index (κ1) is 17.1. The van der Waals surface area contributed by atoms with Gasteiger partial charge in [-0.1, -0.05) is 13.8 Å². The summed E-state index contributed by atoms with van der Waals surface area (Å²) in [6.45, 7) is 11.1. The lowest BCUT2D eigenvalue weighted by Crippen LogP contribution is -2.54. The number of hydrogen-bond acceptors (Lipinski definition) is 3. The average molecular weight is 302 g/mol. The van der Waals surface area contributed by atoms with Crippen molar-refractivity contribution in [3.8, 4) is 0 Å². The SMILES string of the molecule is CC1(C)CCN(C(=O)N(CC(=O)O)C(C)(C)C)CCS1. The van der Waals surface area contributed by atoms with Gasteiger partial charge in [0.1, 0.15) is 6.54 Å². The smallest absolute Gasteiger partial charge is 0.323 e. The summed E-state index contributed by atoms with van der Waals surface area (Å²) in [5, 5.41) is 9.02. The van der Waals surface area contributed by atoms with Gasteiger partial charge in [-0.05, 0) is 27.2 Å². The van der Waals surface area contributed by atoms with Gasteiger partial charge < -0.3 is 14.9 Å². The van der Waals surface area contributed by atoms with Crippen LogP contribution in [0.5, 0.6) is 0 Å². The fourth-order valence-electron chi connectivity index (χ4n) is 2.11. The Balaban J connectivity index is 2.81.